The Morgan fingerprint density at radius 3 is 2.22 bits per heavy atom. The predicted molar refractivity (Wildman–Crippen MR) is 74.3 cm³/mol. The van der Waals surface area contributed by atoms with Crippen LogP contribution in [0.1, 0.15) is 44.3 Å². The van der Waals surface area contributed by atoms with E-state index in [1.807, 2.05) is 13.1 Å². The summed E-state index contributed by atoms with van der Waals surface area (Å²) >= 11 is 5.97. The van der Waals surface area contributed by atoms with E-state index in [9.17, 15) is 0 Å². The van der Waals surface area contributed by atoms with Crippen molar-refractivity contribution < 1.29 is 0 Å². The molecule has 0 saturated carbocycles. The van der Waals surface area contributed by atoms with E-state index >= 15 is 0 Å². The number of nitrogens with zero attached hydrogens (tertiary/aromatic N) is 3. The molecule has 3 nitrogen and oxygen atoms in total. The van der Waals surface area contributed by atoms with Crippen LogP contribution in [0, 0.1) is 0 Å². The Kier molecular flexibility index (Phi) is 3.44. The van der Waals surface area contributed by atoms with Gasteiger partial charge in [-0.05, 0) is 30.0 Å². The zero-order chi connectivity index (χ0) is 13.3. The van der Waals surface area contributed by atoms with Crippen molar-refractivity contribution in [3.05, 3.63) is 41.7 Å². The normalized spacial score (nSPS) is 13.6. The second kappa shape index (κ2) is 4.73. The van der Waals surface area contributed by atoms with Gasteiger partial charge in [0.2, 0.25) is 0 Å². The van der Waals surface area contributed by atoms with Crippen LogP contribution in [0.25, 0.3) is 5.69 Å². The number of alkyl halides is 1. The molecule has 0 aliphatic heterocycles. The van der Waals surface area contributed by atoms with Gasteiger partial charge in [0.1, 0.15) is 5.69 Å². The summed E-state index contributed by atoms with van der Waals surface area (Å²) in [5.41, 5.74) is 3.25. The molecular formula is C14H18ClN3. The molecule has 0 aliphatic carbocycles. The van der Waals surface area contributed by atoms with Gasteiger partial charge in [0.15, 0.2) is 0 Å². The fourth-order valence-electron chi connectivity index (χ4n) is 1.70. The molecule has 1 unspecified atom stereocenters. The lowest BCUT2D eigenvalue weighted by atomic mass is 9.87. The van der Waals surface area contributed by atoms with Gasteiger partial charge in [0.05, 0.1) is 17.3 Å². The van der Waals surface area contributed by atoms with Crippen LogP contribution >= 0.6 is 11.6 Å². The fourth-order valence-corrected chi connectivity index (χ4v) is 1.80. The lowest BCUT2D eigenvalue weighted by Gasteiger charge is -2.19. The van der Waals surface area contributed by atoms with Crippen molar-refractivity contribution >= 4 is 11.6 Å². The maximum atomic E-state index is 5.97. The zero-order valence-corrected chi connectivity index (χ0v) is 11.9. The van der Waals surface area contributed by atoms with Crippen LogP contribution in [0.3, 0.4) is 0 Å². The second-order valence-electron chi connectivity index (χ2n) is 5.50. The van der Waals surface area contributed by atoms with Gasteiger partial charge in [0.25, 0.3) is 0 Å². The Bertz CT molecular complexity index is 521. The molecule has 1 atom stereocenters. The van der Waals surface area contributed by atoms with E-state index in [1.165, 1.54) is 5.56 Å². The smallest absolute Gasteiger partial charge is 0.101 e. The zero-order valence-electron chi connectivity index (χ0n) is 11.2. The van der Waals surface area contributed by atoms with Gasteiger partial charge in [0, 0.05) is 0 Å². The lowest BCUT2D eigenvalue weighted by Crippen LogP contribution is -2.10. The van der Waals surface area contributed by atoms with Crippen molar-refractivity contribution in [2.24, 2.45) is 0 Å². The summed E-state index contributed by atoms with van der Waals surface area (Å²) in [7, 11) is 0. The van der Waals surface area contributed by atoms with Crippen LogP contribution in [0.2, 0.25) is 0 Å². The van der Waals surface area contributed by atoms with Crippen LogP contribution < -0.4 is 0 Å². The first-order valence-electron chi connectivity index (χ1n) is 6.05. The van der Waals surface area contributed by atoms with Gasteiger partial charge >= 0.3 is 0 Å². The summed E-state index contributed by atoms with van der Waals surface area (Å²) in [4.78, 5) is 0. The summed E-state index contributed by atoms with van der Waals surface area (Å²) in [6.45, 7) is 8.48. The van der Waals surface area contributed by atoms with Gasteiger partial charge in [-0.1, -0.05) is 38.1 Å². The number of rotatable bonds is 2. The highest BCUT2D eigenvalue weighted by molar-refractivity contribution is 6.20. The van der Waals surface area contributed by atoms with Gasteiger partial charge in [-0.25, -0.2) is 4.68 Å². The van der Waals surface area contributed by atoms with Crippen molar-refractivity contribution in [3.63, 3.8) is 0 Å². The summed E-state index contributed by atoms with van der Waals surface area (Å²) in [5.74, 6) is 0. The van der Waals surface area contributed by atoms with Gasteiger partial charge in [-0.3, -0.25) is 0 Å². The topological polar surface area (TPSA) is 30.7 Å². The van der Waals surface area contributed by atoms with E-state index in [1.54, 1.807) is 4.68 Å². The average Bonchev–Trinajstić information content (AvgIpc) is 2.77. The molecule has 0 saturated heterocycles. The summed E-state index contributed by atoms with van der Waals surface area (Å²) in [6, 6.07) is 8.36. The van der Waals surface area contributed by atoms with Crippen LogP contribution in [0.4, 0.5) is 0 Å². The molecule has 0 bridgehead atoms. The molecule has 96 valence electrons. The maximum absolute atomic E-state index is 5.97. The van der Waals surface area contributed by atoms with Gasteiger partial charge in [-0.15, -0.1) is 16.7 Å². The highest BCUT2D eigenvalue weighted by Gasteiger charge is 2.13. The first-order valence-corrected chi connectivity index (χ1v) is 6.49. The van der Waals surface area contributed by atoms with Crippen LogP contribution in [-0.2, 0) is 5.41 Å². The second-order valence-corrected chi connectivity index (χ2v) is 6.16. The minimum Gasteiger partial charge on any atom is -0.220 e. The van der Waals surface area contributed by atoms with Crippen molar-refractivity contribution in [1.29, 1.82) is 0 Å². The summed E-state index contributed by atoms with van der Waals surface area (Å²) < 4.78 is 1.75. The first kappa shape index (κ1) is 13.1. The van der Waals surface area contributed by atoms with Crippen LogP contribution in [0.15, 0.2) is 30.5 Å². The molecular weight excluding hydrogens is 246 g/mol. The van der Waals surface area contributed by atoms with Gasteiger partial charge < -0.3 is 0 Å². The molecule has 2 aromatic rings. The van der Waals surface area contributed by atoms with E-state index in [2.05, 4.69) is 55.3 Å². The monoisotopic (exact) mass is 263 g/mol. The Labute approximate surface area is 113 Å². The summed E-state index contributed by atoms with van der Waals surface area (Å²) in [5, 5.41) is 8.01. The van der Waals surface area contributed by atoms with Crippen LogP contribution in [-0.4, -0.2) is 15.0 Å². The Hall–Kier alpha value is -1.35. The third-order valence-electron chi connectivity index (χ3n) is 2.92. The molecule has 4 heteroatoms. The van der Waals surface area contributed by atoms with E-state index in [0.29, 0.717) is 0 Å². The molecule has 0 radical (unpaired) electrons. The highest BCUT2D eigenvalue weighted by atomic mass is 35.5. The Morgan fingerprint density at radius 1 is 1.17 bits per heavy atom. The molecule has 1 heterocycles. The van der Waals surface area contributed by atoms with Crippen molar-refractivity contribution in [2.45, 2.75) is 38.5 Å². The number of hydrogen-bond acceptors (Lipinski definition) is 2. The predicted octanol–water partition coefficient (Wildman–Crippen LogP) is 3.86. The Morgan fingerprint density at radius 2 is 1.78 bits per heavy atom. The summed E-state index contributed by atoms with van der Waals surface area (Å²) in [6.07, 6.45) is 1.86. The quantitative estimate of drug-likeness (QED) is 0.770. The van der Waals surface area contributed by atoms with Crippen LogP contribution in [0.5, 0.6) is 0 Å². The minimum absolute atomic E-state index is 0.118. The van der Waals surface area contributed by atoms with E-state index in [-0.39, 0.29) is 10.8 Å². The number of halogens is 1. The lowest BCUT2D eigenvalue weighted by molar-refractivity contribution is 0.590. The maximum Gasteiger partial charge on any atom is 0.101 e. The molecule has 0 aliphatic rings. The molecule has 2 rings (SSSR count). The largest absolute Gasteiger partial charge is 0.220 e. The minimum atomic E-state index is -0.118. The standard InChI is InChI=1S/C14H18ClN3/c1-10(15)13-9-18(17-16-13)12-7-5-11(6-8-12)14(2,3)4/h5-10H,1-4H3. The number of benzene rings is 1. The molecule has 1 aromatic carbocycles. The molecule has 0 spiro atoms. The fraction of sp³-hybridized carbons (Fsp3) is 0.429. The van der Waals surface area contributed by atoms with E-state index in [4.69, 9.17) is 11.6 Å². The van der Waals surface area contributed by atoms with E-state index in [0.717, 1.165) is 11.4 Å². The number of hydrogen-bond donors (Lipinski definition) is 0. The van der Waals surface area contributed by atoms with Crippen molar-refractivity contribution in [3.8, 4) is 5.69 Å². The third kappa shape index (κ3) is 2.72. The molecule has 0 amide bonds. The third-order valence-corrected chi connectivity index (χ3v) is 3.14. The average molecular weight is 264 g/mol. The van der Waals surface area contributed by atoms with Crippen molar-refractivity contribution in [2.75, 3.05) is 0 Å². The van der Waals surface area contributed by atoms with E-state index < -0.39 is 0 Å². The first-order chi connectivity index (χ1) is 8.38. The van der Waals surface area contributed by atoms with Crippen molar-refractivity contribution in [1.82, 2.24) is 15.0 Å². The van der Waals surface area contributed by atoms with Gasteiger partial charge in [-0.2, -0.15) is 0 Å². The molecule has 18 heavy (non-hydrogen) atoms. The highest BCUT2D eigenvalue weighted by Crippen LogP contribution is 2.23. The molecule has 0 fully saturated rings. The Balaban J connectivity index is 2.29. The number of aromatic nitrogens is 3. The molecule has 0 N–H and O–H groups in total. The SMILES string of the molecule is CC(Cl)c1cn(-c2ccc(C(C)(C)C)cc2)nn1. The molecule has 1 aromatic heterocycles.